The molecule has 2 aromatic carbocycles. The Bertz CT molecular complexity index is 1030. The van der Waals surface area contributed by atoms with Gasteiger partial charge >= 0.3 is 5.97 Å². The summed E-state index contributed by atoms with van der Waals surface area (Å²) in [5.74, 6) is 0.518. The summed E-state index contributed by atoms with van der Waals surface area (Å²) < 4.78 is 10.9. The minimum atomic E-state index is -0.864. The first kappa shape index (κ1) is 21.9. The van der Waals surface area contributed by atoms with E-state index in [1.807, 2.05) is 30.3 Å². The SMILES string of the molecule is COc1ccc(C2=NN(Cc3ccc(CC(=O)O)cc3)C(=O)[C@@H]3CCCC[C@H]23)cc1OC. The molecule has 0 saturated heterocycles. The Kier molecular flexibility index (Phi) is 6.44. The van der Waals surface area contributed by atoms with Gasteiger partial charge in [-0.25, -0.2) is 5.01 Å². The molecule has 0 unspecified atom stereocenters. The lowest BCUT2D eigenvalue weighted by Crippen LogP contribution is -2.45. The quantitative estimate of drug-likeness (QED) is 0.712. The van der Waals surface area contributed by atoms with Crippen LogP contribution >= 0.6 is 0 Å². The van der Waals surface area contributed by atoms with Gasteiger partial charge in [0.25, 0.3) is 0 Å². The Morgan fingerprint density at radius 2 is 1.66 bits per heavy atom. The van der Waals surface area contributed by atoms with Crippen molar-refractivity contribution in [3.63, 3.8) is 0 Å². The molecule has 1 saturated carbocycles. The van der Waals surface area contributed by atoms with Crippen molar-refractivity contribution in [1.82, 2.24) is 5.01 Å². The first-order valence-electron chi connectivity index (χ1n) is 10.9. The van der Waals surface area contributed by atoms with E-state index in [-0.39, 0.29) is 24.2 Å². The smallest absolute Gasteiger partial charge is 0.307 e. The normalized spacial score (nSPS) is 20.4. The molecule has 0 spiro atoms. The first-order valence-corrected chi connectivity index (χ1v) is 10.9. The topological polar surface area (TPSA) is 88.4 Å². The molecular weight excluding hydrogens is 408 g/mol. The number of fused-ring (bicyclic) bond motifs is 1. The molecule has 0 radical (unpaired) electrons. The van der Waals surface area contributed by atoms with E-state index >= 15 is 0 Å². The lowest BCUT2D eigenvalue weighted by molar-refractivity contribution is -0.139. The number of amides is 1. The Morgan fingerprint density at radius 1 is 1.00 bits per heavy atom. The number of aliphatic carboxylic acids is 1. The highest BCUT2D eigenvalue weighted by molar-refractivity contribution is 6.07. The van der Waals surface area contributed by atoms with E-state index in [0.717, 1.165) is 48.1 Å². The molecule has 0 aromatic heterocycles. The van der Waals surface area contributed by atoms with Gasteiger partial charge in [0.15, 0.2) is 11.5 Å². The predicted molar refractivity (Wildman–Crippen MR) is 120 cm³/mol. The molecular formula is C25H28N2O5. The van der Waals surface area contributed by atoms with E-state index in [4.69, 9.17) is 19.7 Å². The number of carbonyl (C=O) groups is 2. The Labute approximate surface area is 187 Å². The highest BCUT2D eigenvalue weighted by atomic mass is 16.5. The molecule has 0 bridgehead atoms. The summed E-state index contributed by atoms with van der Waals surface area (Å²) in [7, 11) is 3.21. The number of hydrogen-bond acceptors (Lipinski definition) is 5. The van der Waals surface area contributed by atoms with Crippen LogP contribution in [0.4, 0.5) is 0 Å². The van der Waals surface area contributed by atoms with Gasteiger partial charge in [-0.3, -0.25) is 9.59 Å². The zero-order chi connectivity index (χ0) is 22.7. The molecule has 4 rings (SSSR count). The number of carboxylic acid groups (broad SMARTS) is 1. The lowest BCUT2D eigenvalue weighted by Gasteiger charge is -2.38. The second-order valence-electron chi connectivity index (χ2n) is 8.34. The van der Waals surface area contributed by atoms with Crippen molar-refractivity contribution in [2.75, 3.05) is 14.2 Å². The number of carbonyl (C=O) groups excluding carboxylic acids is 1. The zero-order valence-electron chi connectivity index (χ0n) is 18.4. The van der Waals surface area contributed by atoms with Gasteiger partial charge < -0.3 is 14.6 Å². The monoisotopic (exact) mass is 436 g/mol. The maximum atomic E-state index is 13.3. The van der Waals surface area contributed by atoms with Crippen molar-refractivity contribution in [3.05, 3.63) is 59.2 Å². The van der Waals surface area contributed by atoms with Crippen LogP contribution < -0.4 is 9.47 Å². The maximum absolute atomic E-state index is 13.3. The van der Waals surface area contributed by atoms with Gasteiger partial charge in [-0.2, -0.15) is 5.10 Å². The van der Waals surface area contributed by atoms with Crippen LogP contribution in [0.1, 0.15) is 42.4 Å². The van der Waals surface area contributed by atoms with Gasteiger partial charge in [0, 0.05) is 17.4 Å². The van der Waals surface area contributed by atoms with E-state index in [0.29, 0.717) is 18.0 Å². The molecule has 1 aliphatic heterocycles. The molecule has 2 atom stereocenters. The molecule has 1 amide bonds. The molecule has 1 N–H and O–H groups in total. The van der Waals surface area contributed by atoms with Crippen LogP contribution in [0.3, 0.4) is 0 Å². The lowest BCUT2D eigenvalue weighted by atomic mass is 9.73. The number of ether oxygens (including phenoxy) is 2. The van der Waals surface area contributed by atoms with Gasteiger partial charge in [-0.15, -0.1) is 0 Å². The number of carboxylic acids is 1. The first-order chi connectivity index (χ1) is 15.5. The molecule has 168 valence electrons. The van der Waals surface area contributed by atoms with Gasteiger partial charge in [-0.05, 0) is 42.2 Å². The second kappa shape index (κ2) is 9.42. The standard InChI is InChI=1S/C25H28N2O5/c1-31-21-12-11-18(14-22(21)32-2)24-19-5-3-4-6-20(19)25(30)27(26-24)15-17-9-7-16(8-10-17)13-23(28)29/h7-12,14,19-20H,3-6,13,15H2,1-2H3,(H,28,29)/t19-,20+/m0/s1. The van der Waals surface area contributed by atoms with Crippen molar-refractivity contribution in [2.24, 2.45) is 16.9 Å². The number of rotatable bonds is 7. The third-order valence-corrected chi connectivity index (χ3v) is 6.31. The fourth-order valence-corrected chi connectivity index (χ4v) is 4.69. The number of benzene rings is 2. The van der Waals surface area contributed by atoms with E-state index in [1.54, 1.807) is 31.4 Å². The molecule has 2 aliphatic rings. The van der Waals surface area contributed by atoms with Crippen LogP contribution in [0.15, 0.2) is 47.6 Å². The van der Waals surface area contributed by atoms with Gasteiger partial charge in [0.1, 0.15) is 0 Å². The van der Waals surface area contributed by atoms with Crippen molar-refractivity contribution < 1.29 is 24.2 Å². The highest BCUT2D eigenvalue weighted by Gasteiger charge is 2.41. The van der Waals surface area contributed by atoms with Crippen LogP contribution in [0.25, 0.3) is 0 Å². The molecule has 1 fully saturated rings. The summed E-state index contributed by atoms with van der Waals surface area (Å²) in [5, 5.41) is 15.4. The third-order valence-electron chi connectivity index (χ3n) is 6.31. The van der Waals surface area contributed by atoms with Crippen molar-refractivity contribution >= 4 is 17.6 Å². The summed E-state index contributed by atoms with van der Waals surface area (Å²) in [6.07, 6.45) is 3.93. The fourth-order valence-electron chi connectivity index (χ4n) is 4.69. The summed E-state index contributed by atoms with van der Waals surface area (Å²) in [4.78, 5) is 24.2. The number of hydrogen-bond donors (Lipinski definition) is 1. The van der Waals surface area contributed by atoms with Gasteiger partial charge in [0.2, 0.25) is 5.91 Å². The fraction of sp³-hybridized carbons (Fsp3) is 0.400. The summed E-state index contributed by atoms with van der Waals surface area (Å²) in [6.45, 7) is 0.353. The minimum Gasteiger partial charge on any atom is -0.493 e. The molecule has 1 aliphatic carbocycles. The zero-order valence-corrected chi connectivity index (χ0v) is 18.4. The summed E-state index contributed by atoms with van der Waals surface area (Å²) in [6, 6.07) is 13.1. The average molecular weight is 437 g/mol. The summed E-state index contributed by atoms with van der Waals surface area (Å²) in [5.41, 5.74) is 3.50. The van der Waals surface area contributed by atoms with E-state index < -0.39 is 5.97 Å². The number of nitrogens with zero attached hydrogens (tertiary/aromatic N) is 2. The molecule has 2 aromatic rings. The Balaban J connectivity index is 1.66. The largest absolute Gasteiger partial charge is 0.493 e. The van der Waals surface area contributed by atoms with Crippen molar-refractivity contribution in [3.8, 4) is 11.5 Å². The molecule has 32 heavy (non-hydrogen) atoms. The maximum Gasteiger partial charge on any atom is 0.307 e. The van der Waals surface area contributed by atoms with Gasteiger partial charge in [-0.1, -0.05) is 37.1 Å². The van der Waals surface area contributed by atoms with Crippen molar-refractivity contribution in [1.29, 1.82) is 0 Å². The van der Waals surface area contributed by atoms with Crippen LogP contribution in [0, 0.1) is 11.8 Å². The molecule has 7 heteroatoms. The Morgan fingerprint density at radius 3 is 2.31 bits per heavy atom. The third kappa shape index (κ3) is 4.47. The molecule has 1 heterocycles. The van der Waals surface area contributed by atoms with Crippen LogP contribution in [0.2, 0.25) is 0 Å². The average Bonchev–Trinajstić information content (AvgIpc) is 2.81. The highest BCUT2D eigenvalue weighted by Crippen LogP contribution is 2.39. The van der Waals surface area contributed by atoms with Crippen LogP contribution in [-0.4, -0.2) is 41.9 Å². The number of methoxy groups -OCH3 is 2. The molecule has 7 nitrogen and oxygen atoms in total. The van der Waals surface area contributed by atoms with E-state index in [1.165, 1.54) is 0 Å². The number of hydrazone groups is 1. The Hall–Kier alpha value is -3.35. The predicted octanol–water partition coefficient (Wildman–Crippen LogP) is 3.88. The van der Waals surface area contributed by atoms with E-state index in [2.05, 4.69) is 0 Å². The van der Waals surface area contributed by atoms with Gasteiger partial charge in [0.05, 0.1) is 32.9 Å². The van der Waals surface area contributed by atoms with Crippen LogP contribution in [-0.2, 0) is 22.6 Å². The van der Waals surface area contributed by atoms with E-state index in [9.17, 15) is 9.59 Å². The van der Waals surface area contributed by atoms with Crippen molar-refractivity contribution in [2.45, 2.75) is 38.6 Å². The van der Waals surface area contributed by atoms with Crippen LogP contribution in [0.5, 0.6) is 11.5 Å². The minimum absolute atomic E-state index is 0.0196. The second-order valence-corrected chi connectivity index (χ2v) is 8.34. The summed E-state index contributed by atoms with van der Waals surface area (Å²) >= 11 is 0.